The van der Waals surface area contributed by atoms with Crippen molar-refractivity contribution in [2.75, 3.05) is 16.8 Å². The van der Waals surface area contributed by atoms with Crippen LogP contribution in [-0.4, -0.2) is 11.7 Å². The second-order valence-electron chi connectivity index (χ2n) is 4.48. The van der Waals surface area contributed by atoms with Gasteiger partial charge in [-0.1, -0.05) is 0 Å². The third-order valence-electron chi connectivity index (χ3n) is 2.81. The summed E-state index contributed by atoms with van der Waals surface area (Å²) in [5.41, 5.74) is 7.17. The maximum absolute atomic E-state index is 13.4. The highest BCUT2D eigenvalue weighted by Gasteiger charge is 2.09. The standard InChI is InChI=1S/C15H14F2N2OS/c1-9-6-11(3-5-13(9)18)21-8-15(20)19-14-7-10(16)2-4-12(14)17/h2-7H,8,18H2,1H3,(H,19,20). The van der Waals surface area contributed by atoms with Crippen LogP contribution in [0.1, 0.15) is 5.56 Å². The van der Waals surface area contributed by atoms with E-state index in [1.807, 2.05) is 19.1 Å². The first-order valence-corrected chi connectivity index (χ1v) is 7.18. The third-order valence-corrected chi connectivity index (χ3v) is 3.81. The van der Waals surface area contributed by atoms with Crippen molar-refractivity contribution in [2.45, 2.75) is 11.8 Å². The minimum Gasteiger partial charge on any atom is -0.399 e. The molecule has 2 aromatic carbocycles. The van der Waals surface area contributed by atoms with Crippen LogP contribution in [0.15, 0.2) is 41.3 Å². The number of anilines is 2. The molecule has 0 aliphatic heterocycles. The Morgan fingerprint density at radius 1 is 1.24 bits per heavy atom. The van der Waals surface area contributed by atoms with Gasteiger partial charge in [0.1, 0.15) is 11.6 Å². The summed E-state index contributed by atoms with van der Waals surface area (Å²) in [7, 11) is 0. The number of hydrogen-bond donors (Lipinski definition) is 2. The topological polar surface area (TPSA) is 55.1 Å². The molecule has 2 rings (SSSR count). The summed E-state index contributed by atoms with van der Waals surface area (Å²) < 4.78 is 26.4. The maximum atomic E-state index is 13.4. The Morgan fingerprint density at radius 2 is 2.00 bits per heavy atom. The van der Waals surface area contributed by atoms with Gasteiger partial charge in [-0.25, -0.2) is 8.78 Å². The molecule has 0 saturated heterocycles. The molecule has 110 valence electrons. The van der Waals surface area contributed by atoms with Crippen LogP contribution in [0, 0.1) is 18.6 Å². The van der Waals surface area contributed by atoms with Crippen molar-refractivity contribution in [2.24, 2.45) is 0 Å². The van der Waals surface area contributed by atoms with E-state index in [-0.39, 0.29) is 11.4 Å². The van der Waals surface area contributed by atoms with E-state index in [4.69, 9.17) is 5.73 Å². The lowest BCUT2D eigenvalue weighted by Gasteiger charge is -2.07. The molecule has 6 heteroatoms. The molecule has 0 saturated carbocycles. The second-order valence-corrected chi connectivity index (χ2v) is 5.53. The Hall–Kier alpha value is -2.08. The zero-order valence-corrected chi connectivity index (χ0v) is 12.1. The summed E-state index contributed by atoms with van der Waals surface area (Å²) in [5, 5.41) is 2.35. The number of nitrogens with one attached hydrogen (secondary N) is 1. The van der Waals surface area contributed by atoms with E-state index in [1.54, 1.807) is 6.07 Å². The van der Waals surface area contributed by atoms with Crippen molar-refractivity contribution in [1.29, 1.82) is 0 Å². The van der Waals surface area contributed by atoms with Crippen molar-refractivity contribution in [3.05, 3.63) is 53.6 Å². The van der Waals surface area contributed by atoms with Gasteiger partial charge >= 0.3 is 0 Å². The zero-order valence-electron chi connectivity index (χ0n) is 11.3. The highest BCUT2D eigenvalue weighted by atomic mass is 32.2. The Kier molecular flexibility index (Phi) is 4.80. The van der Waals surface area contributed by atoms with Gasteiger partial charge in [0.2, 0.25) is 5.91 Å². The number of carbonyl (C=O) groups is 1. The van der Waals surface area contributed by atoms with Gasteiger partial charge in [-0.05, 0) is 42.8 Å². The summed E-state index contributed by atoms with van der Waals surface area (Å²) >= 11 is 1.30. The van der Waals surface area contributed by atoms with E-state index in [9.17, 15) is 13.6 Å². The van der Waals surface area contributed by atoms with Gasteiger partial charge in [-0.3, -0.25) is 4.79 Å². The summed E-state index contributed by atoms with van der Waals surface area (Å²) in [6.45, 7) is 1.88. The molecular formula is C15H14F2N2OS. The van der Waals surface area contributed by atoms with Crippen LogP contribution in [0.3, 0.4) is 0 Å². The Morgan fingerprint density at radius 3 is 2.71 bits per heavy atom. The van der Waals surface area contributed by atoms with Crippen molar-refractivity contribution < 1.29 is 13.6 Å². The molecule has 0 heterocycles. The molecule has 0 aliphatic carbocycles. The molecule has 0 aliphatic rings. The van der Waals surface area contributed by atoms with E-state index >= 15 is 0 Å². The first-order chi connectivity index (χ1) is 9.95. The number of thioether (sulfide) groups is 1. The fourth-order valence-electron chi connectivity index (χ4n) is 1.67. The monoisotopic (exact) mass is 308 g/mol. The molecule has 2 aromatic rings. The van der Waals surface area contributed by atoms with Gasteiger partial charge in [0.25, 0.3) is 0 Å². The molecule has 0 spiro atoms. The number of amides is 1. The minimum absolute atomic E-state index is 0.0965. The lowest BCUT2D eigenvalue weighted by atomic mass is 10.2. The lowest BCUT2D eigenvalue weighted by Crippen LogP contribution is -2.15. The van der Waals surface area contributed by atoms with Gasteiger partial charge in [0.15, 0.2) is 0 Å². The van der Waals surface area contributed by atoms with Crippen LogP contribution in [0.2, 0.25) is 0 Å². The molecule has 0 atom stereocenters. The zero-order chi connectivity index (χ0) is 15.4. The van der Waals surface area contributed by atoms with Crippen LogP contribution in [-0.2, 0) is 4.79 Å². The Labute approximate surface area is 125 Å². The molecule has 0 bridgehead atoms. The first-order valence-electron chi connectivity index (χ1n) is 6.19. The number of nitrogen functional groups attached to an aromatic ring is 1. The Balaban J connectivity index is 1.95. The van der Waals surface area contributed by atoms with Crippen molar-refractivity contribution >= 4 is 29.0 Å². The second kappa shape index (κ2) is 6.58. The molecule has 3 N–H and O–H groups in total. The van der Waals surface area contributed by atoms with Gasteiger partial charge in [0, 0.05) is 16.6 Å². The largest absolute Gasteiger partial charge is 0.399 e. The van der Waals surface area contributed by atoms with Crippen LogP contribution in [0.5, 0.6) is 0 Å². The minimum atomic E-state index is -0.668. The van der Waals surface area contributed by atoms with Crippen LogP contribution in [0.25, 0.3) is 0 Å². The average molecular weight is 308 g/mol. The fraction of sp³-hybridized carbons (Fsp3) is 0.133. The van der Waals surface area contributed by atoms with Gasteiger partial charge < -0.3 is 11.1 Å². The molecule has 0 aromatic heterocycles. The number of rotatable bonds is 4. The van der Waals surface area contributed by atoms with E-state index in [0.717, 1.165) is 28.7 Å². The average Bonchev–Trinajstić information content (AvgIpc) is 2.44. The molecule has 1 amide bonds. The van der Waals surface area contributed by atoms with Gasteiger partial charge in [-0.15, -0.1) is 11.8 Å². The molecule has 0 radical (unpaired) electrons. The van der Waals surface area contributed by atoms with Crippen LogP contribution < -0.4 is 11.1 Å². The van der Waals surface area contributed by atoms with Gasteiger partial charge in [0.05, 0.1) is 11.4 Å². The summed E-state index contributed by atoms with van der Waals surface area (Å²) in [6.07, 6.45) is 0. The molecule has 3 nitrogen and oxygen atoms in total. The van der Waals surface area contributed by atoms with Crippen molar-refractivity contribution in [3.63, 3.8) is 0 Å². The SMILES string of the molecule is Cc1cc(SCC(=O)Nc2cc(F)ccc2F)ccc1N. The molecular weight excluding hydrogens is 294 g/mol. The fourth-order valence-corrected chi connectivity index (χ4v) is 2.46. The van der Waals surface area contributed by atoms with E-state index in [2.05, 4.69) is 5.32 Å². The smallest absolute Gasteiger partial charge is 0.234 e. The highest BCUT2D eigenvalue weighted by Crippen LogP contribution is 2.23. The quantitative estimate of drug-likeness (QED) is 0.670. The van der Waals surface area contributed by atoms with Gasteiger partial charge in [-0.2, -0.15) is 0 Å². The Bertz CT molecular complexity index is 677. The van der Waals surface area contributed by atoms with Crippen molar-refractivity contribution in [3.8, 4) is 0 Å². The van der Waals surface area contributed by atoms with Crippen molar-refractivity contribution in [1.82, 2.24) is 0 Å². The molecule has 0 unspecified atom stereocenters. The van der Waals surface area contributed by atoms with E-state index in [1.165, 1.54) is 11.8 Å². The summed E-state index contributed by atoms with van der Waals surface area (Å²) in [5.74, 6) is -1.58. The number of halogens is 2. The lowest BCUT2D eigenvalue weighted by molar-refractivity contribution is -0.113. The van der Waals surface area contributed by atoms with Crippen LogP contribution in [0.4, 0.5) is 20.2 Å². The maximum Gasteiger partial charge on any atom is 0.234 e. The molecule has 21 heavy (non-hydrogen) atoms. The number of carbonyl (C=O) groups excluding carboxylic acids is 1. The summed E-state index contributed by atoms with van der Waals surface area (Å²) in [4.78, 5) is 12.6. The first kappa shape index (κ1) is 15.3. The third kappa shape index (κ3) is 4.19. The number of aryl methyl sites for hydroxylation is 1. The predicted octanol–water partition coefficient (Wildman–Crippen LogP) is 3.59. The predicted molar refractivity (Wildman–Crippen MR) is 81.3 cm³/mol. The molecule has 0 fully saturated rings. The number of hydrogen-bond acceptors (Lipinski definition) is 3. The van der Waals surface area contributed by atoms with E-state index in [0.29, 0.717) is 5.69 Å². The summed E-state index contributed by atoms with van der Waals surface area (Å²) in [6, 6.07) is 8.37. The normalized spacial score (nSPS) is 10.4. The number of nitrogens with two attached hydrogens (primary N) is 1. The highest BCUT2D eigenvalue weighted by molar-refractivity contribution is 8.00. The number of benzene rings is 2. The van der Waals surface area contributed by atoms with E-state index < -0.39 is 17.5 Å². The van der Waals surface area contributed by atoms with Crippen LogP contribution >= 0.6 is 11.8 Å².